The Kier molecular flexibility index (Phi) is 4.28. The molecule has 26 heavy (non-hydrogen) atoms. The van der Waals surface area contributed by atoms with Gasteiger partial charge in [-0.15, -0.1) is 0 Å². The Morgan fingerprint density at radius 1 is 1.04 bits per heavy atom. The molecule has 2 heterocycles. The molecule has 0 spiro atoms. The summed E-state index contributed by atoms with van der Waals surface area (Å²) in [5.41, 5.74) is 2.96. The van der Waals surface area contributed by atoms with Gasteiger partial charge in [-0.2, -0.15) is 0 Å². The summed E-state index contributed by atoms with van der Waals surface area (Å²) in [6, 6.07) is 9.61. The quantitative estimate of drug-likeness (QED) is 0.888. The largest absolute Gasteiger partial charge is 0.496 e. The van der Waals surface area contributed by atoms with E-state index in [9.17, 15) is 0 Å². The van der Waals surface area contributed by atoms with E-state index in [1.165, 1.54) is 0 Å². The van der Waals surface area contributed by atoms with Crippen LogP contribution in [0.4, 0.5) is 5.69 Å². The Morgan fingerprint density at radius 2 is 1.77 bits per heavy atom. The zero-order chi connectivity index (χ0) is 18.3. The van der Waals surface area contributed by atoms with Crippen molar-refractivity contribution in [2.75, 3.05) is 39.7 Å². The number of benzene rings is 2. The van der Waals surface area contributed by atoms with Gasteiger partial charge < -0.3 is 24.4 Å². The van der Waals surface area contributed by atoms with E-state index >= 15 is 0 Å². The highest BCUT2D eigenvalue weighted by atomic mass is 35.5. The van der Waals surface area contributed by atoms with Gasteiger partial charge in [-0.1, -0.05) is 11.6 Å². The van der Waals surface area contributed by atoms with Crippen LogP contribution in [0.5, 0.6) is 17.2 Å². The molecule has 2 aromatic carbocycles. The number of nitrogens with zero attached hydrogens (tertiary/aromatic N) is 2. The molecule has 6 nitrogen and oxygen atoms in total. The maximum Gasteiger partial charge on any atom is 0.164 e. The fraction of sp³-hybridized carbons (Fsp3) is 0.316. The molecule has 0 aromatic heterocycles. The van der Waals surface area contributed by atoms with Crippen LogP contribution in [0.1, 0.15) is 17.3 Å². The summed E-state index contributed by atoms with van der Waals surface area (Å²) in [6.07, 6.45) is -0.142. The maximum atomic E-state index is 6.20. The highest BCUT2D eigenvalue weighted by Crippen LogP contribution is 2.43. The van der Waals surface area contributed by atoms with Gasteiger partial charge in [0.1, 0.15) is 17.8 Å². The molecule has 0 saturated carbocycles. The number of aliphatic imine (C=N–C) groups is 1. The first-order valence-electron chi connectivity index (χ1n) is 8.33. The van der Waals surface area contributed by atoms with Crippen LogP contribution in [0, 0.1) is 0 Å². The van der Waals surface area contributed by atoms with Crippen molar-refractivity contribution >= 4 is 23.1 Å². The number of nitrogens with one attached hydrogen (secondary N) is 1. The number of anilines is 1. The SMILES string of the molecule is COc1cc(OC)c([C@@H]2Nc3cc(Cl)ccc3C3=NCCN32)cc1OC. The maximum absolute atomic E-state index is 6.20. The standard InChI is InChI=1S/C19H20ClN3O3/c1-24-15-10-17(26-3)16(25-2)9-13(15)19-22-14-8-11(20)4-5-12(14)18-21-6-7-23(18)19/h4-5,8-10,19,22H,6-7H2,1-3H3/t19-/m1/s1. The molecule has 1 atom stereocenters. The molecular weight excluding hydrogens is 354 g/mol. The lowest BCUT2D eigenvalue weighted by Crippen LogP contribution is -2.41. The number of amidine groups is 1. The van der Waals surface area contributed by atoms with Gasteiger partial charge in [0.25, 0.3) is 0 Å². The van der Waals surface area contributed by atoms with E-state index in [-0.39, 0.29) is 6.17 Å². The van der Waals surface area contributed by atoms with Crippen LogP contribution in [-0.4, -0.2) is 45.2 Å². The topological polar surface area (TPSA) is 55.3 Å². The Balaban J connectivity index is 1.84. The third-order valence-electron chi connectivity index (χ3n) is 4.73. The average Bonchev–Trinajstić information content (AvgIpc) is 3.15. The van der Waals surface area contributed by atoms with Crippen molar-refractivity contribution in [3.05, 3.63) is 46.5 Å². The van der Waals surface area contributed by atoms with E-state index in [1.54, 1.807) is 21.3 Å². The molecule has 0 amide bonds. The van der Waals surface area contributed by atoms with E-state index in [4.69, 9.17) is 30.8 Å². The summed E-state index contributed by atoms with van der Waals surface area (Å²) in [7, 11) is 4.89. The lowest BCUT2D eigenvalue weighted by Gasteiger charge is -2.38. The van der Waals surface area contributed by atoms with Crippen LogP contribution in [0.25, 0.3) is 0 Å². The van der Waals surface area contributed by atoms with Crippen LogP contribution in [0.2, 0.25) is 5.02 Å². The number of methoxy groups -OCH3 is 3. The summed E-state index contributed by atoms with van der Waals surface area (Å²) >= 11 is 6.20. The number of hydrogen-bond acceptors (Lipinski definition) is 6. The molecular formula is C19H20ClN3O3. The normalized spacial score (nSPS) is 17.8. The van der Waals surface area contributed by atoms with Gasteiger partial charge in [0.15, 0.2) is 11.5 Å². The number of fused-ring (bicyclic) bond motifs is 3. The fourth-order valence-corrected chi connectivity index (χ4v) is 3.69. The molecule has 1 N–H and O–H groups in total. The van der Waals surface area contributed by atoms with E-state index in [0.29, 0.717) is 16.5 Å². The van der Waals surface area contributed by atoms with Crippen molar-refractivity contribution in [3.63, 3.8) is 0 Å². The monoisotopic (exact) mass is 373 g/mol. The Morgan fingerprint density at radius 3 is 2.50 bits per heavy atom. The van der Waals surface area contributed by atoms with Gasteiger partial charge in [-0.05, 0) is 24.3 Å². The number of rotatable bonds is 4. The highest BCUT2D eigenvalue weighted by molar-refractivity contribution is 6.31. The minimum Gasteiger partial charge on any atom is -0.496 e. The Labute approximate surface area is 157 Å². The Hall–Kier alpha value is -2.60. The summed E-state index contributed by atoms with van der Waals surface area (Å²) in [4.78, 5) is 6.94. The van der Waals surface area contributed by atoms with Crippen LogP contribution < -0.4 is 19.5 Å². The van der Waals surface area contributed by atoms with E-state index in [1.807, 2.05) is 30.3 Å². The van der Waals surface area contributed by atoms with Gasteiger partial charge in [0, 0.05) is 34.4 Å². The lowest BCUT2D eigenvalue weighted by molar-refractivity contribution is 0.330. The van der Waals surface area contributed by atoms with Crippen LogP contribution in [0.15, 0.2) is 35.3 Å². The Bertz CT molecular complexity index is 885. The number of halogens is 1. The summed E-state index contributed by atoms with van der Waals surface area (Å²) in [6.45, 7) is 1.58. The smallest absolute Gasteiger partial charge is 0.164 e. The first-order valence-corrected chi connectivity index (χ1v) is 8.71. The van der Waals surface area contributed by atoms with Crippen molar-refractivity contribution in [1.82, 2.24) is 4.90 Å². The first kappa shape index (κ1) is 16.8. The van der Waals surface area contributed by atoms with Gasteiger partial charge in [0.2, 0.25) is 0 Å². The molecule has 0 fully saturated rings. The summed E-state index contributed by atoms with van der Waals surface area (Å²) in [5.74, 6) is 2.97. The number of ether oxygens (including phenoxy) is 3. The molecule has 7 heteroatoms. The molecule has 0 saturated heterocycles. The van der Waals surface area contributed by atoms with Crippen LogP contribution in [0.3, 0.4) is 0 Å². The zero-order valence-electron chi connectivity index (χ0n) is 14.9. The molecule has 2 aromatic rings. The third-order valence-corrected chi connectivity index (χ3v) is 4.97. The third kappa shape index (κ3) is 2.61. The van der Waals surface area contributed by atoms with Crippen LogP contribution >= 0.6 is 11.6 Å². The predicted molar refractivity (Wildman–Crippen MR) is 102 cm³/mol. The molecule has 0 unspecified atom stereocenters. The minimum absolute atomic E-state index is 0.142. The molecule has 2 aliphatic rings. The van der Waals surface area contributed by atoms with Gasteiger partial charge in [-0.25, -0.2) is 0 Å². The predicted octanol–water partition coefficient (Wildman–Crippen LogP) is 3.55. The summed E-state index contributed by atoms with van der Waals surface area (Å²) in [5, 5.41) is 4.26. The van der Waals surface area contributed by atoms with Gasteiger partial charge >= 0.3 is 0 Å². The molecule has 2 aliphatic heterocycles. The van der Waals surface area contributed by atoms with E-state index in [0.717, 1.165) is 41.5 Å². The molecule has 0 bridgehead atoms. The molecule has 136 valence electrons. The number of hydrogen-bond donors (Lipinski definition) is 1. The minimum atomic E-state index is -0.142. The first-order chi connectivity index (χ1) is 12.7. The van der Waals surface area contributed by atoms with E-state index in [2.05, 4.69) is 10.2 Å². The lowest BCUT2D eigenvalue weighted by atomic mass is 10.0. The van der Waals surface area contributed by atoms with Crippen molar-refractivity contribution in [2.24, 2.45) is 4.99 Å². The van der Waals surface area contributed by atoms with Crippen molar-refractivity contribution in [1.29, 1.82) is 0 Å². The van der Waals surface area contributed by atoms with E-state index < -0.39 is 0 Å². The van der Waals surface area contributed by atoms with Crippen molar-refractivity contribution in [3.8, 4) is 17.2 Å². The second-order valence-corrected chi connectivity index (χ2v) is 6.52. The van der Waals surface area contributed by atoms with Crippen molar-refractivity contribution in [2.45, 2.75) is 6.17 Å². The van der Waals surface area contributed by atoms with Crippen molar-refractivity contribution < 1.29 is 14.2 Å². The van der Waals surface area contributed by atoms with Gasteiger partial charge in [-0.3, -0.25) is 4.99 Å². The second kappa shape index (κ2) is 6.61. The fourth-order valence-electron chi connectivity index (χ4n) is 3.52. The van der Waals surface area contributed by atoms with Gasteiger partial charge in [0.05, 0.1) is 27.9 Å². The average molecular weight is 374 g/mol. The zero-order valence-corrected chi connectivity index (χ0v) is 15.6. The van der Waals surface area contributed by atoms with Crippen LogP contribution in [-0.2, 0) is 0 Å². The molecule has 0 aliphatic carbocycles. The molecule has 4 rings (SSSR count). The summed E-state index contributed by atoms with van der Waals surface area (Å²) < 4.78 is 16.5. The molecule has 0 radical (unpaired) electrons. The second-order valence-electron chi connectivity index (χ2n) is 6.08. The highest BCUT2D eigenvalue weighted by Gasteiger charge is 2.35.